The van der Waals surface area contributed by atoms with Gasteiger partial charge in [-0.2, -0.15) is 10.4 Å². The Morgan fingerprint density at radius 3 is 2.74 bits per heavy atom. The second kappa shape index (κ2) is 11.0. The summed E-state index contributed by atoms with van der Waals surface area (Å²) in [5, 5.41) is 16.5. The number of carbonyl (C=O) groups excluding carboxylic acids is 1. The number of aryl methyl sites for hydroxylation is 2. The van der Waals surface area contributed by atoms with Gasteiger partial charge in [0.25, 0.3) is 0 Å². The molecule has 1 amide bonds. The zero-order valence-electron chi connectivity index (χ0n) is 18.9. The number of amides is 1. The van der Waals surface area contributed by atoms with Gasteiger partial charge in [-0.1, -0.05) is 18.2 Å². The molecular formula is C24H33N5O2. The molecule has 31 heavy (non-hydrogen) atoms. The summed E-state index contributed by atoms with van der Waals surface area (Å²) >= 11 is 0. The van der Waals surface area contributed by atoms with Crippen LogP contribution in [0.25, 0.3) is 0 Å². The zero-order valence-corrected chi connectivity index (χ0v) is 18.9. The molecule has 0 bridgehead atoms. The van der Waals surface area contributed by atoms with Crippen LogP contribution in [-0.4, -0.2) is 47.3 Å². The zero-order chi connectivity index (χ0) is 22.2. The number of nitriles is 1. The third-order valence-corrected chi connectivity index (χ3v) is 6.14. The van der Waals surface area contributed by atoms with E-state index in [1.54, 1.807) is 7.11 Å². The van der Waals surface area contributed by atoms with E-state index >= 15 is 0 Å². The van der Waals surface area contributed by atoms with Crippen LogP contribution in [0.3, 0.4) is 0 Å². The first-order valence-corrected chi connectivity index (χ1v) is 11.1. The molecule has 3 rings (SSSR count). The predicted octanol–water partition coefficient (Wildman–Crippen LogP) is 3.31. The third-order valence-electron chi connectivity index (χ3n) is 6.14. The van der Waals surface area contributed by atoms with Crippen molar-refractivity contribution in [1.29, 1.82) is 5.26 Å². The van der Waals surface area contributed by atoms with E-state index in [0.717, 1.165) is 41.4 Å². The molecule has 2 heterocycles. The first-order chi connectivity index (χ1) is 15.0. The van der Waals surface area contributed by atoms with Crippen molar-refractivity contribution in [3.05, 3.63) is 46.8 Å². The summed E-state index contributed by atoms with van der Waals surface area (Å²) < 4.78 is 7.46. The van der Waals surface area contributed by atoms with Crippen LogP contribution in [0.2, 0.25) is 0 Å². The molecule has 0 aliphatic carbocycles. The number of rotatable bonds is 10. The molecule has 2 aromatic rings. The molecule has 166 valence electrons. The summed E-state index contributed by atoms with van der Waals surface area (Å²) in [6, 6.07) is 10.3. The largest absolute Gasteiger partial charge is 0.496 e. The number of likely N-dealkylation sites (tertiary alicyclic amines) is 1. The molecule has 0 radical (unpaired) electrons. The number of hydrogen-bond donors (Lipinski definition) is 1. The van der Waals surface area contributed by atoms with Crippen LogP contribution in [-0.2, 0) is 17.8 Å². The highest BCUT2D eigenvalue weighted by atomic mass is 16.5. The number of methoxy groups -OCH3 is 1. The molecule has 1 fully saturated rings. The standard InChI is InChI=1S/C24H33N5O2/c1-18-20(19(2)29(27-18)16-8-13-25)11-12-24(30)26-17-22(28-14-6-7-15-28)21-9-4-5-10-23(21)31-3/h4-5,9-10,22H,6-8,11-12,14-17H2,1-3H3,(H,26,30). The Morgan fingerprint density at radius 1 is 1.29 bits per heavy atom. The quantitative estimate of drug-likeness (QED) is 0.634. The summed E-state index contributed by atoms with van der Waals surface area (Å²) in [5.41, 5.74) is 4.21. The molecule has 7 nitrogen and oxygen atoms in total. The van der Waals surface area contributed by atoms with Crippen molar-refractivity contribution in [2.75, 3.05) is 26.7 Å². The minimum absolute atomic E-state index is 0.0441. The summed E-state index contributed by atoms with van der Waals surface area (Å²) in [6.45, 7) is 7.21. The Kier molecular flexibility index (Phi) is 8.07. The van der Waals surface area contributed by atoms with Gasteiger partial charge < -0.3 is 10.1 Å². The van der Waals surface area contributed by atoms with Gasteiger partial charge in [-0.25, -0.2) is 0 Å². The fourth-order valence-corrected chi connectivity index (χ4v) is 4.44. The van der Waals surface area contributed by atoms with Crippen molar-refractivity contribution in [2.45, 2.75) is 58.5 Å². The average molecular weight is 424 g/mol. The van der Waals surface area contributed by atoms with Crippen LogP contribution >= 0.6 is 0 Å². The van der Waals surface area contributed by atoms with Crippen LogP contribution in [0.1, 0.15) is 54.2 Å². The van der Waals surface area contributed by atoms with Crippen LogP contribution in [0.15, 0.2) is 24.3 Å². The average Bonchev–Trinajstić information content (AvgIpc) is 3.40. The maximum Gasteiger partial charge on any atom is 0.220 e. The Labute approximate surface area is 185 Å². The lowest BCUT2D eigenvalue weighted by atomic mass is 10.0. The van der Waals surface area contributed by atoms with Gasteiger partial charge in [0.2, 0.25) is 5.91 Å². The second-order valence-electron chi connectivity index (χ2n) is 8.09. The van der Waals surface area contributed by atoms with Crippen molar-refractivity contribution in [2.24, 2.45) is 0 Å². The van der Waals surface area contributed by atoms with Gasteiger partial charge in [-0.05, 0) is 57.8 Å². The van der Waals surface area contributed by atoms with Crippen molar-refractivity contribution < 1.29 is 9.53 Å². The topological polar surface area (TPSA) is 83.2 Å². The molecule has 1 N–H and O–H groups in total. The highest BCUT2D eigenvalue weighted by Gasteiger charge is 2.26. The molecule has 7 heteroatoms. The van der Waals surface area contributed by atoms with Gasteiger partial charge in [0, 0.05) is 24.2 Å². The molecule has 0 spiro atoms. The fourth-order valence-electron chi connectivity index (χ4n) is 4.44. The lowest BCUT2D eigenvalue weighted by Gasteiger charge is -2.29. The number of carbonyl (C=O) groups is 1. The minimum Gasteiger partial charge on any atom is -0.496 e. The Morgan fingerprint density at radius 2 is 2.03 bits per heavy atom. The van der Waals surface area contributed by atoms with Gasteiger partial charge in [0.05, 0.1) is 37.9 Å². The van der Waals surface area contributed by atoms with Crippen molar-refractivity contribution in [3.63, 3.8) is 0 Å². The molecule has 1 aliphatic rings. The summed E-state index contributed by atoms with van der Waals surface area (Å²) in [5.74, 6) is 0.910. The molecule has 1 aromatic heterocycles. The van der Waals surface area contributed by atoms with Gasteiger partial charge in [-0.3, -0.25) is 14.4 Å². The molecule has 0 saturated carbocycles. The number of benzene rings is 1. The van der Waals surface area contributed by atoms with E-state index in [2.05, 4.69) is 27.5 Å². The summed E-state index contributed by atoms with van der Waals surface area (Å²) in [6.07, 6.45) is 3.88. The van der Waals surface area contributed by atoms with Gasteiger partial charge in [-0.15, -0.1) is 0 Å². The Bertz CT molecular complexity index is 925. The van der Waals surface area contributed by atoms with Crippen molar-refractivity contribution in [1.82, 2.24) is 20.0 Å². The van der Waals surface area contributed by atoms with Crippen LogP contribution < -0.4 is 10.1 Å². The van der Waals surface area contributed by atoms with E-state index in [-0.39, 0.29) is 11.9 Å². The number of para-hydroxylation sites is 1. The van der Waals surface area contributed by atoms with E-state index in [1.807, 2.05) is 36.7 Å². The maximum atomic E-state index is 12.7. The highest BCUT2D eigenvalue weighted by Crippen LogP contribution is 2.31. The highest BCUT2D eigenvalue weighted by molar-refractivity contribution is 5.76. The SMILES string of the molecule is COc1ccccc1C(CNC(=O)CCc1c(C)nn(CCC#N)c1C)N1CCCC1. The van der Waals surface area contributed by atoms with Crippen LogP contribution in [0, 0.1) is 25.2 Å². The number of hydrogen-bond acceptors (Lipinski definition) is 5. The van der Waals surface area contributed by atoms with Gasteiger partial charge >= 0.3 is 0 Å². The monoisotopic (exact) mass is 423 g/mol. The molecule has 1 unspecified atom stereocenters. The van der Waals surface area contributed by atoms with Crippen molar-refractivity contribution in [3.8, 4) is 11.8 Å². The second-order valence-corrected chi connectivity index (χ2v) is 8.09. The molecular weight excluding hydrogens is 390 g/mol. The summed E-state index contributed by atoms with van der Waals surface area (Å²) in [4.78, 5) is 15.1. The smallest absolute Gasteiger partial charge is 0.220 e. The fraction of sp³-hybridized carbons (Fsp3) is 0.542. The maximum absolute atomic E-state index is 12.7. The number of ether oxygens (including phenoxy) is 1. The number of aromatic nitrogens is 2. The molecule has 1 aliphatic heterocycles. The number of nitrogens with one attached hydrogen (secondary N) is 1. The lowest BCUT2D eigenvalue weighted by Crippen LogP contribution is -2.37. The van der Waals surface area contributed by atoms with E-state index in [0.29, 0.717) is 32.4 Å². The third kappa shape index (κ3) is 5.65. The molecule has 1 atom stereocenters. The molecule has 1 saturated heterocycles. The van der Waals surface area contributed by atoms with E-state index in [4.69, 9.17) is 10.00 Å². The lowest BCUT2D eigenvalue weighted by molar-refractivity contribution is -0.121. The van der Waals surface area contributed by atoms with Crippen molar-refractivity contribution >= 4 is 5.91 Å². The predicted molar refractivity (Wildman–Crippen MR) is 120 cm³/mol. The van der Waals surface area contributed by atoms with Crippen LogP contribution in [0.4, 0.5) is 0 Å². The van der Waals surface area contributed by atoms with E-state index in [1.165, 1.54) is 12.8 Å². The Balaban J connectivity index is 1.62. The minimum atomic E-state index is 0.0441. The van der Waals surface area contributed by atoms with E-state index in [9.17, 15) is 4.79 Å². The number of nitrogens with zero attached hydrogens (tertiary/aromatic N) is 4. The first-order valence-electron chi connectivity index (χ1n) is 11.1. The Hall–Kier alpha value is -2.85. The first kappa shape index (κ1) is 22.8. The summed E-state index contributed by atoms with van der Waals surface area (Å²) in [7, 11) is 1.69. The van der Waals surface area contributed by atoms with Crippen LogP contribution in [0.5, 0.6) is 5.75 Å². The normalized spacial score (nSPS) is 14.9. The van der Waals surface area contributed by atoms with Gasteiger partial charge in [0.1, 0.15) is 5.75 Å². The molecule has 1 aromatic carbocycles. The van der Waals surface area contributed by atoms with E-state index < -0.39 is 0 Å². The van der Waals surface area contributed by atoms with Gasteiger partial charge in [0.15, 0.2) is 0 Å².